The molecule has 0 aliphatic rings. The van der Waals surface area contributed by atoms with E-state index in [1.807, 2.05) is 49.4 Å². The molecule has 2 rings (SSSR count). The lowest BCUT2D eigenvalue weighted by Gasteiger charge is -2.20. The zero-order valence-electron chi connectivity index (χ0n) is 9.95. The third kappa shape index (κ3) is 2.59. The lowest BCUT2D eigenvalue weighted by atomic mass is 9.98. The van der Waals surface area contributed by atoms with E-state index in [-0.39, 0.29) is 6.04 Å². The fourth-order valence-corrected chi connectivity index (χ4v) is 2.69. The SMILES string of the molecule is Cc1cccc(C(NN)c2ccccc2Cl)c1Br. The Labute approximate surface area is 120 Å². The molecule has 2 aromatic rings. The Bertz CT molecular complexity index is 557. The molecule has 0 aliphatic heterocycles. The maximum absolute atomic E-state index is 6.23. The predicted molar refractivity (Wildman–Crippen MR) is 79.5 cm³/mol. The number of aryl methyl sites for hydroxylation is 1. The summed E-state index contributed by atoms with van der Waals surface area (Å²) in [5.74, 6) is 5.70. The molecule has 0 bridgehead atoms. The first-order valence-electron chi connectivity index (χ1n) is 5.60. The number of hydrogen-bond donors (Lipinski definition) is 2. The maximum atomic E-state index is 6.23. The minimum Gasteiger partial charge on any atom is -0.271 e. The van der Waals surface area contributed by atoms with E-state index in [1.54, 1.807) is 0 Å². The van der Waals surface area contributed by atoms with Gasteiger partial charge < -0.3 is 0 Å². The first-order chi connectivity index (χ1) is 8.65. The van der Waals surface area contributed by atoms with Crippen molar-refractivity contribution in [1.29, 1.82) is 0 Å². The standard InChI is InChI=1S/C14H14BrClN2/c1-9-5-4-7-11(13(9)15)14(18-17)10-6-2-3-8-12(10)16/h2-8,14,18H,17H2,1H3. The van der Waals surface area contributed by atoms with E-state index in [2.05, 4.69) is 21.4 Å². The second-order valence-electron chi connectivity index (χ2n) is 4.10. The van der Waals surface area contributed by atoms with Crippen molar-refractivity contribution in [2.24, 2.45) is 5.84 Å². The van der Waals surface area contributed by atoms with Gasteiger partial charge in [-0.2, -0.15) is 0 Å². The van der Waals surface area contributed by atoms with Crippen molar-refractivity contribution in [2.75, 3.05) is 0 Å². The summed E-state index contributed by atoms with van der Waals surface area (Å²) in [6.45, 7) is 2.05. The van der Waals surface area contributed by atoms with Crippen LogP contribution in [0, 0.1) is 6.92 Å². The van der Waals surface area contributed by atoms with E-state index in [1.165, 1.54) is 5.56 Å². The fourth-order valence-electron chi connectivity index (χ4n) is 1.95. The summed E-state index contributed by atoms with van der Waals surface area (Å²) in [7, 11) is 0. The van der Waals surface area contributed by atoms with Crippen molar-refractivity contribution in [2.45, 2.75) is 13.0 Å². The minimum atomic E-state index is -0.132. The number of nitrogens with one attached hydrogen (secondary N) is 1. The molecule has 94 valence electrons. The van der Waals surface area contributed by atoms with Gasteiger partial charge in [0.15, 0.2) is 0 Å². The van der Waals surface area contributed by atoms with Crippen LogP contribution in [0.25, 0.3) is 0 Å². The number of hydrazine groups is 1. The largest absolute Gasteiger partial charge is 0.271 e. The fraction of sp³-hybridized carbons (Fsp3) is 0.143. The lowest BCUT2D eigenvalue weighted by Crippen LogP contribution is -2.29. The number of rotatable bonds is 3. The molecule has 3 N–H and O–H groups in total. The van der Waals surface area contributed by atoms with Gasteiger partial charge in [0.25, 0.3) is 0 Å². The zero-order valence-corrected chi connectivity index (χ0v) is 12.3. The van der Waals surface area contributed by atoms with Gasteiger partial charge in [0.2, 0.25) is 0 Å². The number of nitrogens with two attached hydrogens (primary N) is 1. The summed E-state index contributed by atoms with van der Waals surface area (Å²) in [5.41, 5.74) is 6.04. The third-order valence-electron chi connectivity index (χ3n) is 2.92. The Hall–Kier alpha value is -0.870. The minimum absolute atomic E-state index is 0.132. The van der Waals surface area contributed by atoms with Crippen LogP contribution in [0.1, 0.15) is 22.7 Å². The highest BCUT2D eigenvalue weighted by Gasteiger charge is 2.18. The van der Waals surface area contributed by atoms with E-state index in [0.29, 0.717) is 5.02 Å². The van der Waals surface area contributed by atoms with Gasteiger partial charge in [0.1, 0.15) is 0 Å². The van der Waals surface area contributed by atoms with E-state index < -0.39 is 0 Å². The monoisotopic (exact) mass is 324 g/mol. The van der Waals surface area contributed by atoms with Gasteiger partial charge in [-0.1, -0.05) is 63.9 Å². The number of hydrogen-bond acceptors (Lipinski definition) is 2. The van der Waals surface area contributed by atoms with E-state index in [0.717, 1.165) is 15.6 Å². The van der Waals surface area contributed by atoms with Crippen LogP contribution in [0.3, 0.4) is 0 Å². The van der Waals surface area contributed by atoms with Crippen LogP contribution in [-0.4, -0.2) is 0 Å². The predicted octanol–water partition coefficient (Wildman–Crippen LogP) is 3.96. The highest BCUT2D eigenvalue weighted by molar-refractivity contribution is 9.10. The van der Waals surface area contributed by atoms with Gasteiger partial charge in [-0.15, -0.1) is 0 Å². The van der Waals surface area contributed by atoms with Crippen LogP contribution < -0.4 is 11.3 Å². The van der Waals surface area contributed by atoms with Crippen molar-refractivity contribution >= 4 is 27.5 Å². The normalized spacial score (nSPS) is 12.4. The Morgan fingerprint density at radius 1 is 1.11 bits per heavy atom. The highest BCUT2D eigenvalue weighted by atomic mass is 79.9. The van der Waals surface area contributed by atoms with Gasteiger partial charge in [0, 0.05) is 9.50 Å². The quantitative estimate of drug-likeness (QED) is 0.662. The lowest BCUT2D eigenvalue weighted by molar-refractivity contribution is 0.634. The van der Waals surface area contributed by atoms with Gasteiger partial charge in [-0.05, 0) is 29.7 Å². The molecule has 18 heavy (non-hydrogen) atoms. The molecule has 0 saturated carbocycles. The molecular weight excluding hydrogens is 312 g/mol. The summed E-state index contributed by atoms with van der Waals surface area (Å²) in [5, 5.41) is 0.703. The van der Waals surface area contributed by atoms with Gasteiger partial charge >= 0.3 is 0 Å². The molecule has 0 aliphatic carbocycles. The Balaban J connectivity index is 2.53. The smallest absolute Gasteiger partial charge is 0.0735 e. The topological polar surface area (TPSA) is 38.0 Å². The van der Waals surface area contributed by atoms with Crippen molar-refractivity contribution in [3.63, 3.8) is 0 Å². The summed E-state index contributed by atoms with van der Waals surface area (Å²) in [6.07, 6.45) is 0. The molecule has 0 saturated heterocycles. The molecule has 1 atom stereocenters. The molecule has 0 spiro atoms. The molecule has 0 radical (unpaired) electrons. The first kappa shape index (κ1) is 13.6. The molecule has 0 aromatic heterocycles. The van der Waals surface area contributed by atoms with Crippen LogP contribution in [0.4, 0.5) is 0 Å². The van der Waals surface area contributed by atoms with E-state index in [9.17, 15) is 0 Å². The summed E-state index contributed by atoms with van der Waals surface area (Å²) < 4.78 is 1.05. The summed E-state index contributed by atoms with van der Waals surface area (Å²) in [4.78, 5) is 0. The average molecular weight is 326 g/mol. The van der Waals surface area contributed by atoms with E-state index >= 15 is 0 Å². The molecule has 0 amide bonds. The van der Waals surface area contributed by atoms with Crippen molar-refractivity contribution in [3.05, 3.63) is 68.7 Å². The molecule has 4 heteroatoms. The summed E-state index contributed by atoms with van der Waals surface area (Å²) in [6, 6.07) is 13.7. The second kappa shape index (κ2) is 5.85. The second-order valence-corrected chi connectivity index (χ2v) is 5.30. The van der Waals surface area contributed by atoms with Crippen molar-refractivity contribution in [3.8, 4) is 0 Å². The molecule has 2 nitrogen and oxygen atoms in total. The molecule has 2 aromatic carbocycles. The van der Waals surface area contributed by atoms with Crippen molar-refractivity contribution < 1.29 is 0 Å². The first-order valence-corrected chi connectivity index (χ1v) is 6.77. The Morgan fingerprint density at radius 3 is 2.44 bits per heavy atom. The van der Waals surface area contributed by atoms with Gasteiger partial charge in [-0.3, -0.25) is 5.84 Å². The number of halogens is 2. The number of benzene rings is 2. The molecule has 0 fully saturated rings. The van der Waals surface area contributed by atoms with Crippen LogP contribution >= 0.6 is 27.5 Å². The molecule has 1 unspecified atom stereocenters. The van der Waals surface area contributed by atoms with Gasteiger partial charge in [-0.25, -0.2) is 5.43 Å². The van der Waals surface area contributed by atoms with Crippen LogP contribution in [0.2, 0.25) is 5.02 Å². The van der Waals surface area contributed by atoms with Crippen LogP contribution in [0.15, 0.2) is 46.9 Å². The van der Waals surface area contributed by atoms with E-state index in [4.69, 9.17) is 17.4 Å². The molecule has 0 heterocycles. The summed E-state index contributed by atoms with van der Waals surface area (Å²) >= 11 is 9.83. The zero-order chi connectivity index (χ0) is 13.1. The van der Waals surface area contributed by atoms with Gasteiger partial charge in [0.05, 0.1) is 6.04 Å². The van der Waals surface area contributed by atoms with Crippen molar-refractivity contribution in [1.82, 2.24) is 5.43 Å². The molecular formula is C14H14BrClN2. The third-order valence-corrected chi connectivity index (χ3v) is 4.34. The highest BCUT2D eigenvalue weighted by Crippen LogP contribution is 2.33. The average Bonchev–Trinajstić information content (AvgIpc) is 2.37. The Morgan fingerprint density at radius 2 is 1.78 bits per heavy atom. The Kier molecular flexibility index (Phi) is 4.40. The van der Waals surface area contributed by atoms with Crippen LogP contribution in [0.5, 0.6) is 0 Å². The maximum Gasteiger partial charge on any atom is 0.0735 e. The van der Waals surface area contributed by atoms with Crippen LogP contribution in [-0.2, 0) is 0 Å².